The normalized spacial score (nSPS) is 10.1. The number of nitrogens with zero attached hydrogens (tertiary/aromatic N) is 2. The Kier molecular flexibility index (Phi) is 6.26. The van der Waals surface area contributed by atoms with E-state index in [1.165, 1.54) is 12.1 Å². The number of hydrogen-bond acceptors (Lipinski definition) is 6. The van der Waals surface area contributed by atoms with Gasteiger partial charge in [0, 0.05) is 32.8 Å². The summed E-state index contributed by atoms with van der Waals surface area (Å²) in [6.07, 6.45) is 0. The molecule has 0 radical (unpaired) electrons. The summed E-state index contributed by atoms with van der Waals surface area (Å²) in [6, 6.07) is 13.2. The Labute approximate surface area is 150 Å². The number of hydrogen-bond donors (Lipinski definition) is 1. The monoisotopic (exact) mass is 357 g/mol. The van der Waals surface area contributed by atoms with Gasteiger partial charge in [0.15, 0.2) is 6.61 Å². The van der Waals surface area contributed by atoms with E-state index in [0.717, 1.165) is 11.6 Å². The van der Waals surface area contributed by atoms with Gasteiger partial charge in [-0.15, -0.1) is 0 Å². The minimum Gasteiger partial charge on any atom is -0.452 e. The third-order valence-electron chi connectivity index (χ3n) is 3.56. The van der Waals surface area contributed by atoms with E-state index in [2.05, 4.69) is 5.32 Å². The number of esters is 1. The molecule has 1 amide bonds. The lowest BCUT2D eigenvalue weighted by Gasteiger charge is -2.16. The van der Waals surface area contributed by atoms with Gasteiger partial charge in [-0.3, -0.25) is 14.9 Å². The van der Waals surface area contributed by atoms with Crippen LogP contribution in [0.2, 0.25) is 0 Å². The molecule has 0 spiro atoms. The molecule has 8 heteroatoms. The maximum atomic E-state index is 12.3. The van der Waals surface area contributed by atoms with Crippen molar-refractivity contribution in [1.29, 1.82) is 0 Å². The maximum Gasteiger partial charge on any atom is 0.341 e. The number of carbonyl (C=O) groups is 2. The molecule has 0 aromatic heterocycles. The molecule has 0 saturated heterocycles. The van der Waals surface area contributed by atoms with Gasteiger partial charge < -0.3 is 15.0 Å². The van der Waals surface area contributed by atoms with Crippen molar-refractivity contribution < 1.29 is 19.2 Å². The molecule has 2 rings (SSSR count). The van der Waals surface area contributed by atoms with Crippen LogP contribution in [0.4, 0.5) is 11.4 Å². The maximum absolute atomic E-state index is 12.3. The number of anilines is 1. The number of rotatable bonds is 7. The molecular weight excluding hydrogens is 338 g/mol. The molecule has 0 unspecified atom stereocenters. The van der Waals surface area contributed by atoms with Crippen LogP contribution in [0.15, 0.2) is 48.5 Å². The smallest absolute Gasteiger partial charge is 0.341 e. The number of ether oxygens (including phenoxy) is 1. The lowest BCUT2D eigenvalue weighted by molar-refractivity contribution is -0.384. The number of carbonyl (C=O) groups excluding carboxylic acids is 2. The van der Waals surface area contributed by atoms with Crippen LogP contribution >= 0.6 is 0 Å². The highest BCUT2D eigenvalue weighted by Crippen LogP contribution is 2.24. The molecule has 0 aliphatic heterocycles. The van der Waals surface area contributed by atoms with Gasteiger partial charge in [-0.25, -0.2) is 4.79 Å². The van der Waals surface area contributed by atoms with Crippen molar-refractivity contribution >= 4 is 23.3 Å². The first-order valence-corrected chi connectivity index (χ1v) is 7.82. The van der Waals surface area contributed by atoms with Crippen molar-refractivity contribution in [2.45, 2.75) is 6.54 Å². The molecule has 0 aliphatic carbocycles. The van der Waals surface area contributed by atoms with E-state index in [4.69, 9.17) is 4.74 Å². The summed E-state index contributed by atoms with van der Waals surface area (Å²) < 4.78 is 5.00. The van der Waals surface area contributed by atoms with Crippen LogP contribution in [0.5, 0.6) is 0 Å². The van der Waals surface area contributed by atoms with E-state index in [1.54, 1.807) is 19.0 Å². The summed E-state index contributed by atoms with van der Waals surface area (Å²) in [5.41, 5.74) is 1.18. The molecule has 2 aromatic rings. The highest BCUT2D eigenvalue weighted by Gasteiger charge is 2.20. The highest BCUT2D eigenvalue weighted by molar-refractivity contribution is 5.97. The number of nitro benzene ring substituents is 1. The van der Waals surface area contributed by atoms with E-state index in [0.29, 0.717) is 12.2 Å². The van der Waals surface area contributed by atoms with Gasteiger partial charge >= 0.3 is 5.97 Å². The molecule has 136 valence electrons. The Morgan fingerprint density at radius 3 is 2.46 bits per heavy atom. The molecule has 0 aliphatic rings. The number of nitrogens with one attached hydrogen (secondary N) is 1. The number of nitro groups is 1. The molecule has 1 N–H and O–H groups in total. The summed E-state index contributed by atoms with van der Waals surface area (Å²) in [5.74, 6) is -1.26. The Morgan fingerprint density at radius 2 is 1.85 bits per heavy atom. The van der Waals surface area contributed by atoms with E-state index < -0.39 is 23.4 Å². The summed E-state index contributed by atoms with van der Waals surface area (Å²) in [6.45, 7) is -0.155. The van der Waals surface area contributed by atoms with Crippen molar-refractivity contribution in [3.05, 3.63) is 69.8 Å². The minimum atomic E-state index is -0.799. The van der Waals surface area contributed by atoms with Crippen molar-refractivity contribution in [3.63, 3.8) is 0 Å². The first kappa shape index (κ1) is 18.9. The molecular formula is C18H19N3O5. The molecule has 8 nitrogen and oxygen atoms in total. The topological polar surface area (TPSA) is 102 Å². The zero-order valence-corrected chi connectivity index (χ0v) is 14.5. The van der Waals surface area contributed by atoms with E-state index in [1.807, 2.05) is 30.3 Å². The van der Waals surface area contributed by atoms with E-state index in [9.17, 15) is 19.7 Å². The minimum absolute atomic E-state index is 0.0278. The Morgan fingerprint density at radius 1 is 1.15 bits per heavy atom. The second-order valence-corrected chi connectivity index (χ2v) is 5.69. The standard InChI is InChI=1S/C18H19N3O5/c1-20(2)16-9-8-14(21(24)25)10-15(16)18(23)26-12-17(22)19-11-13-6-4-3-5-7-13/h3-10H,11-12H2,1-2H3,(H,19,22). The van der Waals surface area contributed by atoms with Gasteiger partial charge in [0.1, 0.15) is 0 Å². The Balaban J connectivity index is 1.99. The molecule has 0 fully saturated rings. The Bertz CT molecular complexity index is 806. The molecule has 26 heavy (non-hydrogen) atoms. The molecule has 0 atom stereocenters. The average molecular weight is 357 g/mol. The number of benzene rings is 2. The highest BCUT2D eigenvalue weighted by atomic mass is 16.6. The largest absolute Gasteiger partial charge is 0.452 e. The lowest BCUT2D eigenvalue weighted by Crippen LogP contribution is -2.28. The fraction of sp³-hybridized carbons (Fsp3) is 0.222. The van der Waals surface area contributed by atoms with Crippen molar-refractivity contribution in [2.24, 2.45) is 0 Å². The van der Waals surface area contributed by atoms with Gasteiger partial charge in [0.2, 0.25) is 0 Å². The summed E-state index contributed by atoms with van der Waals surface area (Å²) in [4.78, 5) is 36.1. The van der Waals surface area contributed by atoms with Gasteiger partial charge in [0.25, 0.3) is 11.6 Å². The Hall–Kier alpha value is -3.42. The predicted octanol–water partition coefficient (Wildman–Crippen LogP) is 2.13. The van der Waals surface area contributed by atoms with Crippen LogP contribution in [0.3, 0.4) is 0 Å². The molecule has 2 aromatic carbocycles. The molecule has 0 bridgehead atoms. The van der Waals surface area contributed by atoms with Gasteiger partial charge in [0.05, 0.1) is 16.2 Å². The third kappa shape index (κ3) is 5.04. The quantitative estimate of drug-likeness (QED) is 0.463. The average Bonchev–Trinajstić information content (AvgIpc) is 2.64. The van der Waals surface area contributed by atoms with E-state index >= 15 is 0 Å². The van der Waals surface area contributed by atoms with Crippen molar-refractivity contribution in [1.82, 2.24) is 5.32 Å². The zero-order valence-electron chi connectivity index (χ0n) is 14.5. The first-order valence-electron chi connectivity index (χ1n) is 7.82. The number of amides is 1. The van der Waals surface area contributed by atoms with Crippen LogP contribution in [0.25, 0.3) is 0 Å². The van der Waals surface area contributed by atoms with Gasteiger partial charge in [-0.2, -0.15) is 0 Å². The summed E-state index contributed by atoms with van der Waals surface area (Å²) >= 11 is 0. The van der Waals surface area contributed by atoms with Crippen LogP contribution in [0, 0.1) is 10.1 Å². The van der Waals surface area contributed by atoms with Gasteiger partial charge in [-0.05, 0) is 11.6 Å². The zero-order chi connectivity index (χ0) is 19.1. The fourth-order valence-electron chi connectivity index (χ4n) is 2.25. The lowest BCUT2D eigenvalue weighted by atomic mass is 10.1. The summed E-state index contributed by atoms with van der Waals surface area (Å²) in [7, 11) is 3.40. The second kappa shape index (κ2) is 8.61. The van der Waals surface area contributed by atoms with Crippen LogP contribution in [-0.2, 0) is 16.1 Å². The van der Waals surface area contributed by atoms with Crippen LogP contribution < -0.4 is 10.2 Å². The second-order valence-electron chi connectivity index (χ2n) is 5.69. The van der Waals surface area contributed by atoms with Crippen LogP contribution in [-0.4, -0.2) is 37.5 Å². The van der Waals surface area contributed by atoms with Crippen molar-refractivity contribution in [3.8, 4) is 0 Å². The predicted molar refractivity (Wildman–Crippen MR) is 96.0 cm³/mol. The fourth-order valence-corrected chi connectivity index (χ4v) is 2.25. The first-order chi connectivity index (χ1) is 12.4. The number of non-ortho nitro benzene ring substituents is 1. The third-order valence-corrected chi connectivity index (χ3v) is 3.56. The van der Waals surface area contributed by atoms with Crippen molar-refractivity contribution in [2.75, 3.05) is 25.6 Å². The molecule has 0 saturated carbocycles. The van der Waals surface area contributed by atoms with Gasteiger partial charge in [-0.1, -0.05) is 30.3 Å². The molecule has 0 heterocycles. The van der Waals surface area contributed by atoms with Crippen LogP contribution in [0.1, 0.15) is 15.9 Å². The summed E-state index contributed by atoms with van der Waals surface area (Å²) in [5, 5.41) is 13.6. The van der Waals surface area contributed by atoms with E-state index in [-0.39, 0.29) is 11.3 Å². The SMILES string of the molecule is CN(C)c1ccc([N+](=O)[O-])cc1C(=O)OCC(=O)NCc1ccccc1.